The molecule has 1 aliphatic heterocycles. The predicted molar refractivity (Wildman–Crippen MR) is 124 cm³/mol. The smallest absolute Gasteiger partial charge is 0.252 e. The Labute approximate surface area is 199 Å². The minimum absolute atomic E-state index is 0.0577. The monoisotopic (exact) mass is 497 g/mol. The number of hydrogen-bond acceptors (Lipinski definition) is 6. The lowest BCUT2D eigenvalue weighted by Crippen LogP contribution is -2.54. The number of Topliss-reactive ketones (excluding diaryl/α,β-unsaturated/α-hetero) is 1. The summed E-state index contributed by atoms with van der Waals surface area (Å²) in [6.45, 7) is 3.86. The van der Waals surface area contributed by atoms with Crippen LogP contribution in [-0.4, -0.2) is 57.1 Å². The number of ether oxygens (including phenoxy) is 1. The summed E-state index contributed by atoms with van der Waals surface area (Å²) in [4.78, 5) is 38.3. The van der Waals surface area contributed by atoms with Crippen molar-refractivity contribution in [1.82, 2.24) is 10.6 Å². The SMILES string of the molecule is CC[C@@H]1OCC(=O)[C@H]1NC(=O)[C@H](CC1(C)CCCC1)NC(=O)c1ccc(NS(C)(=O)=O)c(F)c1. The molecule has 0 unspecified atom stereocenters. The summed E-state index contributed by atoms with van der Waals surface area (Å²) >= 11 is 0. The number of benzene rings is 1. The third kappa shape index (κ3) is 6.53. The van der Waals surface area contributed by atoms with Gasteiger partial charge in [-0.1, -0.05) is 26.7 Å². The third-order valence-corrected chi connectivity index (χ3v) is 7.11. The van der Waals surface area contributed by atoms with Crippen molar-refractivity contribution >= 4 is 33.3 Å². The number of sulfonamides is 1. The quantitative estimate of drug-likeness (QED) is 0.479. The summed E-state index contributed by atoms with van der Waals surface area (Å²) < 4.78 is 44.6. The molecule has 2 amide bonds. The van der Waals surface area contributed by atoms with Gasteiger partial charge in [0.2, 0.25) is 15.9 Å². The van der Waals surface area contributed by atoms with Crippen molar-refractivity contribution < 1.29 is 31.9 Å². The van der Waals surface area contributed by atoms with Gasteiger partial charge >= 0.3 is 0 Å². The van der Waals surface area contributed by atoms with Crippen LogP contribution in [0.15, 0.2) is 18.2 Å². The molecular weight excluding hydrogens is 465 g/mol. The summed E-state index contributed by atoms with van der Waals surface area (Å²) in [7, 11) is -3.69. The van der Waals surface area contributed by atoms with Crippen LogP contribution in [0, 0.1) is 11.2 Å². The number of amides is 2. The highest BCUT2D eigenvalue weighted by Crippen LogP contribution is 2.41. The molecule has 34 heavy (non-hydrogen) atoms. The highest BCUT2D eigenvalue weighted by Gasteiger charge is 2.40. The number of ketones is 1. The van der Waals surface area contributed by atoms with Crippen molar-refractivity contribution in [3.8, 4) is 0 Å². The van der Waals surface area contributed by atoms with E-state index in [4.69, 9.17) is 4.74 Å². The molecule has 1 aliphatic carbocycles. The lowest BCUT2D eigenvalue weighted by Gasteiger charge is -2.30. The van der Waals surface area contributed by atoms with Crippen LogP contribution in [0.2, 0.25) is 0 Å². The fraction of sp³-hybridized carbons (Fsp3) is 0.609. The number of halogens is 1. The van der Waals surface area contributed by atoms with Crippen molar-refractivity contribution in [1.29, 1.82) is 0 Å². The molecule has 0 bridgehead atoms. The minimum Gasteiger partial charge on any atom is -0.368 e. The van der Waals surface area contributed by atoms with Gasteiger partial charge in [-0.3, -0.25) is 19.1 Å². The summed E-state index contributed by atoms with van der Waals surface area (Å²) in [5.41, 5.74) is -0.487. The molecule has 1 aromatic rings. The van der Waals surface area contributed by atoms with Crippen LogP contribution in [0.1, 0.15) is 62.7 Å². The van der Waals surface area contributed by atoms with Gasteiger partial charge in [-0.25, -0.2) is 12.8 Å². The van der Waals surface area contributed by atoms with Gasteiger partial charge in [-0.05, 0) is 49.3 Å². The molecule has 2 fully saturated rings. The fourth-order valence-corrected chi connectivity index (χ4v) is 5.24. The standard InChI is InChI=1S/C23H32FN3O6S/c1-4-19-20(18(28)13-33-19)26-22(30)17(12-23(2)9-5-6-10-23)25-21(29)14-7-8-16(15(24)11-14)27-34(3,31)32/h7-8,11,17,19-20,27H,4-6,9-10,12-13H2,1-3H3,(H,25,29)(H,26,30)/t17-,19-,20+/m0/s1. The van der Waals surface area contributed by atoms with E-state index in [1.807, 2.05) is 11.6 Å². The highest BCUT2D eigenvalue weighted by atomic mass is 32.2. The normalized spacial score (nSPS) is 22.9. The number of hydrogen-bond donors (Lipinski definition) is 3. The largest absolute Gasteiger partial charge is 0.368 e. The molecule has 1 heterocycles. The fourth-order valence-electron chi connectivity index (χ4n) is 4.68. The Kier molecular flexibility index (Phi) is 7.97. The first kappa shape index (κ1) is 26.1. The van der Waals surface area contributed by atoms with Crippen molar-refractivity contribution in [2.75, 3.05) is 17.6 Å². The van der Waals surface area contributed by atoms with Crippen LogP contribution in [-0.2, 0) is 24.3 Å². The first-order valence-electron chi connectivity index (χ1n) is 11.4. The summed E-state index contributed by atoms with van der Waals surface area (Å²) in [6, 6.07) is 1.64. The van der Waals surface area contributed by atoms with E-state index in [2.05, 4.69) is 17.6 Å². The van der Waals surface area contributed by atoms with Crippen LogP contribution in [0.3, 0.4) is 0 Å². The van der Waals surface area contributed by atoms with Gasteiger partial charge in [-0.2, -0.15) is 0 Å². The maximum Gasteiger partial charge on any atom is 0.252 e. The van der Waals surface area contributed by atoms with E-state index in [9.17, 15) is 27.2 Å². The van der Waals surface area contributed by atoms with E-state index in [-0.39, 0.29) is 29.1 Å². The minimum atomic E-state index is -3.69. The molecule has 2 aliphatic rings. The molecule has 0 radical (unpaired) electrons. The Morgan fingerprint density at radius 2 is 1.94 bits per heavy atom. The Balaban J connectivity index is 1.78. The summed E-state index contributed by atoms with van der Waals surface area (Å²) in [5, 5.41) is 5.44. The van der Waals surface area contributed by atoms with Crippen LogP contribution >= 0.6 is 0 Å². The second-order valence-electron chi connectivity index (χ2n) is 9.53. The number of anilines is 1. The van der Waals surface area contributed by atoms with Crippen LogP contribution in [0.5, 0.6) is 0 Å². The molecule has 1 aromatic carbocycles. The molecule has 3 rings (SSSR count). The molecule has 0 aromatic heterocycles. The molecule has 188 valence electrons. The summed E-state index contributed by atoms with van der Waals surface area (Å²) in [6.07, 6.45) is 5.30. The Hall–Kier alpha value is -2.53. The van der Waals surface area contributed by atoms with Crippen molar-refractivity contribution in [3.63, 3.8) is 0 Å². The molecule has 1 saturated carbocycles. The van der Waals surface area contributed by atoms with E-state index >= 15 is 0 Å². The first-order valence-corrected chi connectivity index (χ1v) is 13.3. The highest BCUT2D eigenvalue weighted by molar-refractivity contribution is 7.92. The average Bonchev–Trinajstić information content (AvgIpc) is 3.33. The summed E-state index contributed by atoms with van der Waals surface area (Å²) in [5.74, 6) is -2.29. The van der Waals surface area contributed by atoms with E-state index < -0.39 is 45.8 Å². The van der Waals surface area contributed by atoms with E-state index in [0.29, 0.717) is 12.8 Å². The number of carbonyl (C=O) groups excluding carboxylic acids is 3. The molecule has 11 heteroatoms. The van der Waals surface area contributed by atoms with Gasteiger partial charge < -0.3 is 15.4 Å². The Bertz CT molecular complexity index is 1050. The Morgan fingerprint density at radius 1 is 1.26 bits per heavy atom. The molecule has 0 spiro atoms. The second-order valence-corrected chi connectivity index (χ2v) is 11.3. The molecular formula is C23H32FN3O6S. The predicted octanol–water partition coefficient (Wildman–Crippen LogP) is 2.13. The first-order chi connectivity index (χ1) is 15.9. The van der Waals surface area contributed by atoms with Crippen molar-refractivity contribution in [2.24, 2.45) is 5.41 Å². The van der Waals surface area contributed by atoms with Crippen molar-refractivity contribution in [2.45, 2.75) is 70.6 Å². The van der Waals surface area contributed by atoms with Gasteiger partial charge in [0.25, 0.3) is 5.91 Å². The van der Waals surface area contributed by atoms with Crippen LogP contribution < -0.4 is 15.4 Å². The number of rotatable bonds is 9. The van der Waals surface area contributed by atoms with Gasteiger partial charge in [0, 0.05) is 5.56 Å². The van der Waals surface area contributed by atoms with Crippen LogP contribution in [0.25, 0.3) is 0 Å². The maximum atomic E-state index is 14.4. The van der Waals surface area contributed by atoms with E-state index in [1.54, 1.807) is 0 Å². The zero-order valence-corrected chi connectivity index (χ0v) is 20.5. The topological polar surface area (TPSA) is 131 Å². The average molecular weight is 498 g/mol. The molecule has 3 atom stereocenters. The van der Waals surface area contributed by atoms with E-state index in [1.165, 1.54) is 6.07 Å². The molecule has 1 saturated heterocycles. The maximum absolute atomic E-state index is 14.4. The van der Waals surface area contributed by atoms with Gasteiger partial charge in [0.15, 0.2) is 5.78 Å². The van der Waals surface area contributed by atoms with Gasteiger partial charge in [-0.15, -0.1) is 0 Å². The van der Waals surface area contributed by atoms with Crippen LogP contribution in [0.4, 0.5) is 10.1 Å². The molecule has 3 N–H and O–H groups in total. The second kappa shape index (κ2) is 10.4. The lowest BCUT2D eigenvalue weighted by molar-refractivity contribution is -0.128. The van der Waals surface area contributed by atoms with Crippen molar-refractivity contribution in [3.05, 3.63) is 29.6 Å². The zero-order chi connectivity index (χ0) is 25.1. The van der Waals surface area contributed by atoms with Gasteiger partial charge in [0.05, 0.1) is 18.0 Å². The van der Waals surface area contributed by atoms with Gasteiger partial charge in [0.1, 0.15) is 24.5 Å². The zero-order valence-electron chi connectivity index (χ0n) is 19.6. The number of nitrogens with one attached hydrogen (secondary N) is 3. The molecule has 9 nitrogen and oxygen atoms in total. The third-order valence-electron chi connectivity index (χ3n) is 6.51. The van der Waals surface area contributed by atoms with E-state index in [0.717, 1.165) is 44.1 Å². The number of carbonyl (C=O) groups is 3. The lowest BCUT2D eigenvalue weighted by atomic mass is 9.81. The Morgan fingerprint density at radius 3 is 2.53 bits per heavy atom.